The molecule has 0 aromatic rings. The number of hydrogen-bond donors (Lipinski definition) is 1. The molecule has 2 unspecified atom stereocenters. The summed E-state index contributed by atoms with van der Waals surface area (Å²) in [7, 11) is 0. The van der Waals surface area contributed by atoms with Crippen molar-refractivity contribution in [2.24, 2.45) is 10.8 Å². The molecule has 0 aromatic carbocycles. The molecule has 1 spiro atoms. The zero-order valence-corrected chi connectivity index (χ0v) is 12.9. The molecular formula is C16H31NO. The largest absolute Gasteiger partial charge is 0.372 e. The predicted octanol–water partition coefficient (Wildman–Crippen LogP) is 3.75. The number of nitrogens with one attached hydrogen (secondary N) is 1. The average molecular weight is 253 g/mol. The fourth-order valence-corrected chi connectivity index (χ4v) is 3.69. The van der Waals surface area contributed by atoms with Crippen LogP contribution in [-0.2, 0) is 4.74 Å². The summed E-state index contributed by atoms with van der Waals surface area (Å²) in [5.74, 6) is 0. The molecule has 2 heteroatoms. The van der Waals surface area contributed by atoms with Crippen molar-refractivity contribution < 1.29 is 4.74 Å². The molecule has 1 saturated carbocycles. The summed E-state index contributed by atoms with van der Waals surface area (Å²) in [5.41, 5.74) is 0.986. The van der Waals surface area contributed by atoms with Gasteiger partial charge in [-0.05, 0) is 36.5 Å². The standard InChI is InChI=1S/C16H31NO/c1-6-14(2,3)11-13-16(18-10-9-17-13)8-7-15(4,5)12-16/h13,17H,6-12H2,1-5H3. The van der Waals surface area contributed by atoms with Gasteiger partial charge in [-0.1, -0.05) is 41.0 Å². The molecule has 1 heterocycles. The van der Waals surface area contributed by atoms with Crippen molar-refractivity contribution in [1.29, 1.82) is 0 Å². The average Bonchev–Trinajstić information content (AvgIpc) is 2.59. The summed E-state index contributed by atoms with van der Waals surface area (Å²) < 4.78 is 6.30. The summed E-state index contributed by atoms with van der Waals surface area (Å²) >= 11 is 0. The highest BCUT2D eigenvalue weighted by Crippen LogP contribution is 2.50. The van der Waals surface area contributed by atoms with Gasteiger partial charge in [0.15, 0.2) is 0 Å². The molecule has 0 amide bonds. The van der Waals surface area contributed by atoms with Crippen molar-refractivity contribution >= 4 is 0 Å². The molecule has 1 aliphatic heterocycles. The predicted molar refractivity (Wildman–Crippen MR) is 76.8 cm³/mol. The lowest BCUT2D eigenvalue weighted by atomic mass is 9.75. The monoisotopic (exact) mass is 253 g/mol. The van der Waals surface area contributed by atoms with Crippen LogP contribution >= 0.6 is 0 Å². The minimum absolute atomic E-state index is 0.119. The Bertz CT molecular complexity index is 297. The van der Waals surface area contributed by atoms with Gasteiger partial charge in [-0.2, -0.15) is 0 Å². The Hall–Kier alpha value is -0.0800. The quantitative estimate of drug-likeness (QED) is 0.827. The Labute approximate surface area is 113 Å². The Morgan fingerprint density at radius 2 is 2.00 bits per heavy atom. The van der Waals surface area contributed by atoms with Crippen LogP contribution in [0, 0.1) is 10.8 Å². The maximum absolute atomic E-state index is 6.30. The number of morpholine rings is 1. The van der Waals surface area contributed by atoms with E-state index in [1.165, 1.54) is 32.1 Å². The fourth-order valence-electron chi connectivity index (χ4n) is 3.69. The van der Waals surface area contributed by atoms with Crippen molar-refractivity contribution in [3.8, 4) is 0 Å². The molecule has 0 radical (unpaired) electrons. The van der Waals surface area contributed by atoms with E-state index in [-0.39, 0.29) is 5.60 Å². The Balaban J connectivity index is 2.12. The highest BCUT2D eigenvalue weighted by atomic mass is 16.5. The van der Waals surface area contributed by atoms with Gasteiger partial charge in [0.2, 0.25) is 0 Å². The zero-order valence-electron chi connectivity index (χ0n) is 12.9. The zero-order chi connectivity index (χ0) is 13.4. The molecule has 2 atom stereocenters. The van der Waals surface area contributed by atoms with Gasteiger partial charge in [-0.25, -0.2) is 0 Å². The lowest BCUT2D eigenvalue weighted by Crippen LogP contribution is -2.58. The van der Waals surface area contributed by atoms with E-state index >= 15 is 0 Å². The molecule has 2 aliphatic rings. The normalized spacial score (nSPS) is 36.2. The van der Waals surface area contributed by atoms with Crippen LogP contribution in [0.1, 0.15) is 66.7 Å². The molecule has 106 valence electrons. The smallest absolute Gasteiger partial charge is 0.0840 e. The van der Waals surface area contributed by atoms with Gasteiger partial charge in [-0.15, -0.1) is 0 Å². The topological polar surface area (TPSA) is 21.3 Å². The molecular weight excluding hydrogens is 222 g/mol. The van der Waals surface area contributed by atoms with Crippen LogP contribution in [0.3, 0.4) is 0 Å². The van der Waals surface area contributed by atoms with Crippen molar-refractivity contribution in [3.05, 3.63) is 0 Å². The summed E-state index contributed by atoms with van der Waals surface area (Å²) in [6.45, 7) is 13.8. The molecule has 0 bridgehead atoms. The third-order valence-electron chi connectivity index (χ3n) is 5.23. The van der Waals surface area contributed by atoms with Crippen LogP contribution in [0.15, 0.2) is 0 Å². The molecule has 1 saturated heterocycles. The van der Waals surface area contributed by atoms with E-state index in [0.717, 1.165) is 13.2 Å². The summed E-state index contributed by atoms with van der Waals surface area (Å²) in [4.78, 5) is 0. The van der Waals surface area contributed by atoms with Gasteiger partial charge in [0.25, 0.3) is 0 Å². The first kappa shape index (κ1) is 14.3. The van der Waals surface area contributed by atoms with Gasteiger partial charge in [0, 0.05) is 12.6 Å². The maximum atomic E-state index is 6.30. The van der Waals surface area contributed by atoms with Crippen LogP contribution in [-0.4, -0.2) is 24.8 Å². The van der Waals surface area contributed by atoms with E-state index in [4.69, 9.17) is 4.74 Å². The summed E-state index contributed by atoms with van der Waals surface area (Å²) in [5, 5.41) is 3.76. The van der Waals surface area contributed by atoms with Gasteiger partial charge in [0.05, 0.1) is 12.2 Å². The second-order valence-electron chi connectivity index (χ2n) is 7.98. The number of rotatable bonds is 3. The molecule has 2 nitrogen and oxygen atoms in total. The van der Waals surface area contributed by atoms with Gasteiger partial charge in [-0.3, -0.25) is 0 Å². The van der Waals surface area contributed by atoms with E-state index in [1.807, 2.05) is 0 Å². The van der Waals surface area contributed by atoms with Gasteiger partial charge < -0.3 is 10.1 Å². The second kappa shape index (κ2) is 4.79. The van der Waals surface area contributed by atoms with Crippen LogP contribution in [0.4, 0.5) is 0 Å². The van der Waals surface area contributed by atoms with E-state index in [2.05, 4.69) is 39.9 Å². The SMILES string of the molecule is CCC(C)(C)CC1NCCOC12CCC(C)(C)C2. The second-order valence-corrected chi connectivity index (χ2v) is 7.98. The Morgan fingerprint density at radius 1 is 1.28 bits per heavy atom. The summed E-state index contributed by atoms with van der Waals surface area (Å²) in [6.07, 6.45) is 6.23. The first-order valence-electron chi connectivity index (χ1n) is 7.66. The lowest BCUT2D eigenvalue weighted by molar-refractivity contribution is -0.105. The van der Waals surface area contributed by atoms with E-state index in [9.17, 15) is 0 Å². The number of ether oxygens (including phenoxy) is 1. The molecule has 1 aliphatic carbocycles. The highest BCUT2D eigenvalue weighted by Gasteiger charge is 2.51. The van der Waals surface area contributed by atoms with Crippen LogP contribution in [0.25, 0.3) is 0 Å². The molecule has 1 N–H and O–H groups in total. The Kier molecular flexibility index (Phi) is 3.81. The third-order valence-corrected chi connectivity index (χ3v) is 5.23. The van der Waals surface area contributed by atoms with Crippen molar-refractivity contribution in [2.45, 2.75) is 78.4 Å². The summed E-state index contributed by atoms with van der Waals surface area (Å²) in [6, 6.07) is 0.544. The van der Waals surface area contributed by atoms with Crippen LogP contribution in [0.2, 0.25) is 0 Å². The molecule has 2 rings (SSSR count). The minimum atomic E-state index is 0.119. The van der Waals surface area contributed by atoms with Crippen LogP contribution < -0.4 is 5.32 Å². The third kappa shape index (κ3) is 2.91. The fraction of sp³-hybridized carbons (Fsp3) is 1.00. The lowest BCUT2D eigenvalue weighted by Gasteiger charge is -2.45. The molecule has 18 heavy (non-hydrogen) atoms. The van der Waals surface area contributed by atoms with Gasteiger partial charge >= 0.3 is 0 Å². The number of hydrogen-bond acceptors (Lipinski definition) is 2. The Morgan fingerprint density at radius 3 is 2.56 bits per heavy atom. The molecule has 0 aromatic heterocycles. The highest BCUT2D eigenvalue weighted by molar-refractivity contribution is 5.05. The van der Waals surface area contributed by atoms with Gasteiger partial charge in [0.1, 0.15) is 0 Å². The van der Waals surface area contributed by atoms with E-state index in [1.54, 1.807) is 0 Å². The van der Waals surface area contributed by atoms with Crippen LogP contribution in [0.5, 0.6) is 0 Å². The minimum Gasteiger partial charge on any atom is -0.372 e. The first-order chi connectivity index (χ1) is 8.29. The first-order valence-corrected chi connectivity index (χ1v) is 7.66. The van der Waals surface area contributed by atoms with Crippen molar-refractivity contribution in [2.75, 3.05) is 13.2 Å². The van der Waals surface area contributed by atoms with Crippen molar-refractivity contribution in [1.82, 2.24) is 5.32 Å². The maximum Gasteiger partial charge on any atom is 0.0840 e. The van der Waals surface area contributed by atoms with E-state index < -0.39 is 0 Å². The van der Waals surface area contributed by atoms with Crippen molar-refractivity contribution in [3.63, 3.8) is 0 Å². The van der Waals surface area contributed by atoms with E-state index in [0.29, 0.717) is 16.9 Å². The molecule has 2 fully saturated rings.